The van der Waals surface area contributed by atoms with Crippen LogP contribution >= 0.6 is 11.8 Å². The molecule has 0 aliphatic rings. The largest absolute Gasteiger partial charge is 0.494 e. The molecule has 4 rings (SSSR count). The fraction of sp³-hybridized carbons (Fsp3) is 0.130. The van der Waals surface area contributed by atoms with Crippen LogP contribution in [0.3, 0.4) is 0 Å². The molecule has 2 heterocycles. The summed E-state index contributed by atoms with van der Waals surface area (Å²) < 4.78 is 10.8. The molecular weight excluding hydrogens is 384 g/mol. The van der Waals surface area contributed by atoms with Gasteiger partial charge in [-0.15, -0.1) is 0 Å². The molecule has 1 amide bonds. The Morgan fingerprint density at radius 3 is 2.69 bits per heavy atom. The van der Waals surface area contributed by atoms with Gasteiger partial charge in [-0.05, 0) is 55.5 Å². The number of para-hydroxylation sites is 1. The van der Waals surface area contributed by atoms with Gasteiger partial charge < -0.3 is 14.5 Å². The fourth-order valence-electron chi connectivity index (χ4n) is 2.96. The molecule has 0 saturated carbocycles. The Labute approximate surface area is 173 Å². The van der Waals surface area contributed by atoms with Gasteiger partial charge >= 0.3 is 0 Å². The molecule has 0 radical (unpaired) electrons. The summed E-state index contributed by atoms with van der Waals surface area (Å²) in [6.45, 7) is 2.93. The molecule has 146 valence electrons. The van der Waals surface area contributed by atoms with E-state index >= 15 is 0 Å². The molecule has 0 aliphatic carbocycles. The van der Waals surface area contributed by atoms with Crippen LogP contribution in [-0.2, 0) is 6.54 Å². The summed E-state index contributed by atoms with van der Waals surface area (Å²) in [6, 6.07) is 21.0. The van der Waals surface area contributed by atoms with Gasteiger partial charge in [0.05, 0.1) is 30.5 Å². The summed E-state index contributed by atoms with van der Waals surface area (Å²) in [5.41, 5.74) is 1.38. The van der Waals surface area contributed by atoms with E-state index in [4.69, 9.17) is 14.1 Å². The van der Waals surface area contributed by atoms with Crippen LogP contribution in [0.2, 0.25) is 0 Å². The highest BCUT2D eigenvalue weighted by Gasteiger charge is 2.14. The highest BCUT2D eigenvalue weighted by atomic mass is 32.2. The summed E-state index contributed by atoms with van der Waals surface area (Å²) in [7, 11) is 0. The third-order valence-electron chi connectivity index (χ3n) is 4.30. The summed E-state index contributed by atoms with van der Waals surface area (Å²) >= 11 is 1.51. The lowest BCUT2D eigenvalue weighted by molar-refractivity contribution is 0.0949. The number of nitrogens with zero attached hydrogens (tertiary/aromatic N) is 1. The molecule has 29 heavy (non-hydrogen) atoms. The maximum Gasteiger partial charge on any atom is 0.252 e. The molecular formula is C23H20N2O3S. The van der Waals surface area contributed by atoms with E-state index in [2.05, 4.69) is 5.32 Å². The van der Waals surface area contributed by atoms with Crippen molar-refractivity contribution >= 4 is 28.6 Å². The standard InChI is InChI=1S/C23H20N2O3S/c1-2-27-16-9-11-18(12-10-16)29-22-14-20(19-7-3-4-8-21(19)25-22)23(26)24-15-17-6-5-13-28-17/h3-14H,2,15H2,1H3,(H,24,26). The number of nitrogens with one attached hydrogen (secondary N) is 1. The van der Waals surface area contributed by atoms with Crippen molar-refractivity contribution in [1.82, 2.24) is 10.3 Å². The normalized spacial score (nSPS) is 10.8. The smallest absolute Gasteiger partial charge is 0.252 e. The Bertz CT molecular complexity index is 1110. The Morgan fingerprint density at radius 2 is 1.93 bits per heavy atom. The van der Waals surface area contributed by atoms with Crippen molar-refractivity contribution in [3.05, 3.63) is 84.3 Å². The van der Waals surface area contributed by atoms with Crippen molar-refractivity contribution in [3.8, 4) is 5.75 Å². The predicted octanol–water partition coefficient (Wildman–Crippen LogP) is 5.31. The molecule has 0 aliphatic heterocycles. The SMILES string of the molecule is CCOc1ccc(Sc2cc(C(=O)NCc3ccco3)c3ccccc3n2)cc1. The molecule has 1 N–H and O–H groups in total. The molecule has 0 unspecified atom stereocenters. The number of hydrogen-bond acceptors (Lipinski definition) is 5. The highest BCUT2D eigenvalue weighted by Crippen LogP contribution is 2.31. The second-order valence-electron chi connectivity index (χ2n) is 6.29. The number of pyridine rings is 1. The average Bonchev–Trinajstić information content (AvgIpc) is 3.27. The molecule has 0 atom stereocenters. The van der Waals surface area contributed by atoms with E-state index in [1.165, 1.54) is 11.8 Å². The number of rotatable bonds is 7. The van der Waals surface area contributed by atoms with Gasteiger partial charge in [-0.25, -0.2) is 4.98 Å². The fourth-order valence-corrected chi connectivity index (χ4v) is 3.79. The molecule has 2 aromatic carbocycles. The predicted molar refractivity (Wildman–Crippen MR) is 113 cm³/mol. The van der Waals surface area contributed by atoms with Gasteiger partial charge in [0.25, 0.3) is 5.91 Å². The first kappa shape index (κ1) is 19.1. The summed E-state index contributed by atoms with van der Waals surface area (Å²) in [6.07, 6.45) is 1.59. The third-order valence-corrected chi connectivity index (χ3v) is 5.22. The molecule has 0 saturated heterocycles. The number of benzene rings is 2. The number of hydrogen-bond donors (Lipinski definition) is 1. The van der Waals surface area contributed by atoms with Crippen molar-refractivity contribution in [2.24, 2.45) is 0 Å². The zero-order chi connectivity index (χ0) is 20.1. The number of fused-ring (bicyclic) bond motifs is 1. The zero-order valence-electron chi connectivity index (χ0n) is 15.9. The van der Waals surface area contributed by atoms with Crippen LogP contribution in [-0.4, -0.2) is 17.5 Å². The van der Waals surface area contributed by atoms with E-state index in [0.717, 1.165) is 26.6 Å². The number of furan rings is 1. The molecule has 5 nitrogen and oxygen atoms in total. The molecule has 0 bridgehead atoms. The average molecular weight is 404 g/mol. The number of carbonyl (C=O) groups excluding carboxylic acids is 1. The summed E-state index contributed by atoms with van der Waals surface area (Å²) in [5.74, 6) is 1.38. The molecule has 0 fully saturated rings. The third kappa shape index (κ3) is 4.60. The first-order chi connectivity index (χ1) is 14.2. The molecule has 2 aromatic heterocycles. The van der Waals surface area contributed by atoms with Crippen LogP contribution in [0.1, 0.15) is 23.0 Å². The lowest BCUT2D eigenvalue weighted by Crippen LogP contribution is -2.23. The highest BCUT2D eigenvalue weighted by molar-refractivity contribution is 7.99. The summed E-state index contributed by atoms with van der Waals surface area (Å²) in [5, 5.41) is 4.50. The van der Waals surface area contributed by atoms with Crippen molar-refractivity contribution in [2.75, 3.05) is 6.61 Å². The monoisotopic (exact) mass is 404 g/mol. The van der Waals surface area contributed by atoms with Gasteiger partial charge in [0.1, 0.15) is 16.5 Å². The van der Waals surface area contributed by atoms with E-state index in [1.807, 2.05) is 67.6 Å². The van der Waals surface area contributed by atoms with Gasteiger partial charge in [-0.2, -0.15) is 0 Å². The lowest BCUT2D eigenvalue weighted by atomic mass is 10.1. The van der Waals surface area contributed by atoms with Crippen molar-refractivity contribution in [3.63, 3.8) is 0 Å². The van der Waals surface area contributed by atoms with Gasteiger partial charge in [0.2, 0.25) is 0 Å². The molecule has 4 aromatic rings. The van der Waals surface area contributed by atoms with E-state index in [9.17, 15) is 4.79 Å². The van der Waals surface area contributed by atoms with Crippen LogP contribution in [0.15, 0.2) is 87.3 Å². The van der Waals surface area contributed by atoms with Crippen LogP contribution in [0.25, 0.3) is 10.9 Å². The minimum absolute atomic E-state index is 0.159. The van der Waals surface area contributed by atoms with Crippen molar-refractivity contribution in [2.45, 2.75) is 23.4 Å². The van der Waals surface area contributed by atoms with Crippen molar-refractivity contribution in [1.29, 1.82) is 0 Å². The second kappa shape index (κ2) is 8.84. The Hall–Kier alpha value is -3.25. The van der Waals surface area contributed by atoms with Crippen LogP contribution in [0, 0.1) is 0 Å². The van der Waals surface area contributed by atoms with Gasteiger partial charge in [0.15, 0.2) is 0 Å². The van der Waals surface area contributed by atoms with E-state index in [0.29, 0.717) is 24.5 Å². The van der Waals surface area contributed by atoms with Crippen LogP contribution in [0.5, 0.6) is 5.75 Å². The Kier molecular flexibility index (Phi) is 5.81. The number of ether oxygens (including phenoxy) is 1. The van der Waals surface area contributed by atoms with Crippen LogP contribution in [0.4, 0.5) is 0 Å². The lowest BCUT2D eigenvalue weighted by Gasteiger charge is -2.10. The summed E-state index contributed by atoms with van der Waals surface area (Å²) in [4.78, 5) is 18.6. The zero-order valence-corrected chi connectivity index (χ0v) is 16.7. The quantitative estimate of drug-likeness (QED) is 0.452. The second-order valence-corrected chi connectivity index (χ2v) is 7.39. The van der Waals surface area contributed by atoms with Crippen LogP contribution < -0.4 is 10.1 Å². The van der Waals surface area contributed by atoms with Gasteiger partial charge in [0, 0.05) is 10.3 Å². The molecule has 6 heteroatoms. The Balaban J connectivity index is 1.60. The number of amides is 1. The topological polar surface area (TPSA) is 64.4 Å². The first-order valence-corrected chi connectivity index (χ1v) is 10.2. The van der Waals surface area contributed by atoms with E-state index < -0.39 is 0 Å². The maximum absolute atomic E-state index is 12.9. The minimum Gasteiger partial charge on any atom is -0.494 e. The maximum atomic E-state index is 12.9. The molecule has 0 spiro atoms. The van der Waals surface area contributed by atoms with E-state index in [-0.39, 0.29) is 5.91 Å². The first-order valence-electron chi connectivity index (χ1n) is 9.34. The van der Waals surface area contributed by atoms with Gasteiger partial charge in [-0.3, -0.25) is 4.79 Å². The van der Waals surface area contributed by atoms with E-state index in [1.54, 1.807) is 12.3 Å². The minimum atomic E-state index is -0.159. The Morgan fingerprint density at radius 1 is 1.10 bits per heavy atom. The number of aromatic nitrogens is 1. The number of carbonyl (C=O) groups is 1. The van der Waals surface area contributed by atoms with Crippen molar-refractivity contribution < 1.29 is 13.9 Å². The van der Waals surface area contributed by atoms with Gasteiger partial charge in [-0.1, -0.05) is 30.0 Å².